The molecular formula is C10H9ClFNO3. The van der Waals surface area contributed by atoms with Crippen molar-refractivity contribution in [2.24, 2.45) is 5.16 Å². The van der Waals surface area contributed by atoms with Crippen LogP contribution in [0, 0.1) is 5.82 Å². The number of ether oxygens (including phenoxy) is 2. The lowest BCUT2D eigenvalue weighted by molar-refractivity contribution is -0.0440. The van der Waals surface area contributed by atoms with Crippen molar-refractivity contribution in [1.29, 1.82) is 0 Å². The summed E-state index contributed by atoms with van der Waals surface area (Å²) in [7, 11) is 0. The first kappa shape index (κ1) is 11.3. The Balaban J connectivity index is 2.42. The molecule has 0 aromatic heterocycles. The molecule has 6 heteroatoms. The average molecular weight is 246 g/mol. The summed E-state index contributed by atoms with van der Waals surface area (Å²) in [6, 6.07) is 2.71. The summed E-state index contributed by atoms with van der Waals surface area (Å²) in [4.78, 5) is 0. The highest BCUT2D eigenvalue weighted by Gasteiger charge is 2.23. The van der Waals surface area contributed by atoms with Crippen molar-refractivity contribution in [2.45, 2.75) is 6.29 Å². The van der Waals surface area contributed by atoms with Gasteiger partial charge >= 0.3 is 0 Å². The van der Waals surface area contributed by atoms with Gasteiger partial charge < -0.3 is 14.7 Å². The lowest BCUT2D eigenvalue weighted by Gasteiger charge is -2.12. The zero-order chi connectivity index (χ0) is 11.5. The van der Waals surface area contributed by atoms with Crippen LogP contribution in [0.25, 0.3) is 0 Å². The zero-order valence-corrected chi connectivity index (χ0v) is 8.95. The maximum atomic E-state index is 13.3. The maximum absolute atomic E-state index is 13.3. The Labute approximate surface area is 96.2 Å². The number of halogens is 2. The van der Waals surface area contributed by atoms with Crippen molar-refractivity contribution in [1.82, 2.24) is 0 Å². The predicted octanol–water partition coefficient (Wildman–Crippen LogP) is 2.33. The molecule has 1 aliphatic rings. The van der Waals surface area contributed by atoms with Crippen LogP contribution in [0.15, 0.2) is 17.3 Å². The Kier molecular flexibility index (Phi) is 3.38. The van der Waals surface area contributed by atoms with Gasteiger partial charge in [0.2, 0.25) is 0 Å². The number of hydrogen-bond acceptors (Lipinski definition) is 4. The molecule has 0 aliphatic carbocycles. The van der Waals surface area contributed by atoms with E-state index in [9.17, 15) is 4.39 Å². The van der Waals surface area contributed by atoms with Gasteiger partial charge in [0.15, 0.2) is 6.29 Å². The third-order valence-corrected chi connectivity index (χ3v) is 2.64. The highest BCUT2D eigenvalue weighted by Crippen LogP contribution is 2.32. The van der Waals surface area contributed by atoms with Gasteiger partial charge in [0, 0.05) is 5.56 Å². The topological polar surface area (TPSA) is 51.1 Å². The van der Waals surface area contributed by atoms with Crippen LogP contribution < -0.4 is 0 Å². The van der Waals surface area contributed by atoms with E-state index < -0.39 is 12.1 Å². The molecule has 1 fully saturated rings. The van der Waals surface area contributed by atoms with Gasteiger partial charge in [0.25, 0.3) is 0 Å². The van der Waals surface area contributed by atoms with Gasteiger partial charge in [-0.25, -0.2) is 4.39 Å². The Bertz CT molecular complexity index is 419. The minimum absolute atomic E-state index is 0.0146. The second kappa shape index (κ2) is 4.78. The summed E-state index contributed by atoms with van der Waals surface area (Å²) in [6.07, 6.45) is 0.356. The Morgan fingerprint density at radius 2 is 2.12 bits per heavy atom. The summed E-state index contributed by atoms with van der Waals surface area (Å²) in [5, 5.41) is 11.3. The Morgan fingerprint density at radius 3 is 2.75 bits per heavy atom. The Hall–Kier alpha value is -1.17. The van der Waals surface area contributed by atoms with Gasteiger partial charge in [0.1, 0.15) is 5.82 Å². The maximum Gasteiger partial charge on any atom is 0.185 e. The highest BCUT2D eigenvalue weighted by molar-refractivity contribution is 6.33. The third-order valence-electron chi connectivity index (χ3n) is 2.22. The first-order chi connectivity index (χ1) is 7.74. The fraction of sp³-hybridized carbons (Fsp3) is 0.300. The summed E-state index contributed by atoms with van der Waals surface area (Å²) >= 11 is 5.97. The van der Waals surface area contributed by atoms with Gasteiger partial charge in [-0.1, -0.05) is 16.8 Å². The molecule has 1 N–H and O–H groups in total. The van der Waals surface area contributed by atoms with E-state index in [0.29, 0.717) is 18.8 Å². The zero-order valence-electron chi connectivity index (χ0n) is 8.19. The van der Waals surface area contributed by atoms with E-state index in [1.54, 1.807) is 0 Å². The van der Waals surface area contributed by atoms with Gasteiger partial charge in [0.05, 0.1) is 30.0 Å². The van der Waals surface area contributed by atoms with Crippen molar-refractivity contribution in [3.05, 3.63) is 34.1 Å². The van der Waals surface area contributed by atoms with Crippen molar-refractivity contribution >= 4 is 17.8 Å². The van der Waals surface area contributed by atoms with Gasteiger partial charge in [-0.3, -0.25) is 0 Å². The molecular weight excluding hydrogens is 237 g/mol. The third kappa shape index (κ3) is 2.02. The van der Waals surface area contributed by atoms with Gasteiger partial charge in [-0.05, 0) is 12.1 Å². The average Bonchev–Trinajstić information content (AvgIpc) is 2.77. The minimum Gasteiger partial charge on any atom is -0.411 e. The SMILES string of the molecule is O/N=C/c1c(F)ccc(C2OCCO2)c1Cl. The molecule has 0 atom stereocenters. The smallest absolute Gasteiger partial charge is 0.185 e. The summed E-state index contributed by atoms with van der Waals surface area (Å²) in [5.41, 5.74) is 0.538. The molecule has 0 radical (unpaired) electrons. The molecule has 2 rings (SSSR count). The van der Waals surface area contributed by atoms with Crippen LogP contribution in [0.5, 0.6) is 0 Å². The van der Waals surface area contributed by atoms with E-state index in [1.807, 2.05) is 0 Å². The Morgan fingerprint density at radius 1 is 1.44 bits per heavy atom. The van der Waals surface area contributed by atoms with Crippen LogP contribution in [0.3, 0.4) is 0 Å². The monoisotopic (exact) mass is 245 g/mol. The van der Waals surface area contributed by atoms with Crippen LogP contribution in [-0.4, -0.2) is 24.6 Å². The van der Waals surface area contributed by atoms with Crippen LogP contribution in [-0.2, 0) is 9.47 Å². The largest absolute Gasteiger partial charge is 0.411 e. The van der Waals surface area contributed by atoms with E-state index in [1.165, 1.54) is 12.1 Å². The molecule has 1 aliphatic heterocycles. The molecule has 1 aromatic rings. The van der Waals surface area contributed by atoms with Crippen molar-refractivity contribution in [2.75, 3.05) is 13.2 Å². The number of benzene rings is 1. The lowest BCUT2D eigenvalue weighted by Crippen LogP contribution is -2.02. The number of rotatable bonds is 2. The molecule has 1 heterocycles. The molecule has 0 amide bonds. The summed E-state index contributed by atoms with van der Waals surface area (Å²) in [6.45, 7) is 0.948. The number of hydrogen-bond donors (Lipinski definition) is 1. The van der Waals surface area contributed by atoms with Crippen LogP contribution in [0.1, 0.15) is 17.4 Å². The second-order valence-electron chi connectivity index (χ2n) is 3.18. The first-order valence-corrected chi connectivity index (χ1v) is 5.00. The molecule has 1 saturated heterocycles. The molecule has 0 spiro atoms. The minimum atomic E-state index is -0.584. The van der Waals surface area contributed by atoms with E-state index >= 15 is 0 Å². The van der Waals surface area contributed by atoms with Crippen molar-refractivity contribution in [3.8, 4) is 0 Å². The van der Waals surface area contributed by atoms with Gasteiger partial charge in [-0.15, -0.1) is 0 Å². The lowest BCUT2D eigenvalue weighted by atomic mass is 10.1. The number of nitrogens with zero attached hydrogens (tertiary/aromatic N) is 1. The molecule has 0 saturated carbocycles. The predicted molar refractivity (Wildman–Crippen MR) is 55.4 cm³/mol. The second-order valence-corrected chi connectivity index (χ2v) is 3.56. The first-order valence-electron chi connectivity index (χ1n) is 4.62. The number of oxime groups is 1. The van der Waals surface area contributed by atoms with E-state index in [0.717, 1.165) is 6.21 Å². The molecule has 16 heavy (non-hydrogen) atoms. The fourth-order valence-corrected chi connectivity index (χ4v) is 1.77. The van der Waals surface area contributed by atoms with Crippen LogP contribution in [0.2, 0.25) is 5.02 Å². The quantitative estimate of drug-likeness (QED) is 0.494. The summed E-state index contributed by atoms with van der Waals surface area (Å²) < 4.78 is 23.8. The van der Waals surface area contributed by atoms with E-state index in [4.69, 9.17) is 26.3 Å². The molecule has 86 valence electrons. The molecule has 0 bridgehead atoms. The fourth-order valence-electron chi connectivity index (χ4n) is 1.48. The molecule has 0 unspecified atom stereocenters. The van der Waals surface area contributed by atoms with Crippen molar-refractivity contribution in [3.63, 3.8) is 0 Å². The van der Waals surface area contributed by atoms with Crippen molar-refractivity contribution < 1.29 is 19.1 Å². The summed E-state index contributed by atoms with van der Waals surface area (Å²) in [5.74, 6) is -0.565. The van der Waals surface area contributed by atoms with E-state index in [2.05, 4.69) is 5.16 Å². The molecule has 4 nitrogen and oxygen atoms in total. The normalized spacial score (nSPS) is 17.4. The van der Waals surface area contributed by atoms with Crippen LogP contribution >= 0.6 is 11.6 Å². The standard InChI is InChI=1S/C10H9ClFNO3/c11-9-6(10-15-3-4-16-10)1-2-8(12)7(9)5-13-14/h1-2,5,10,14H,3-4H2/b13-5+. The highest BCUT2D eigenvalue weighted by atomic mass is 35.5. The van der Waals surface area contributed by atoms with Gasteiger partial charge in [-0.2, -0.15) is 0 Å². The molecule has 1 aromatic carbocycles. The van der Waals surface area contributed by atoms with E-state index in [-0.39, 0.29) is 10.6 Å². The van der Waals surface area contributed by atoms with Crippen LogP contribution in [0.4, 0.5) is 4.39 Å².